The van der Waals surface area contributed by atoms with Gasteiger partial charge in [0, 0.05) is 12.5 Å². The van der Waals surface area contributed by atoms with E-state index in [0.717, 1.165) is 19.3 Å². The van der Waals surface area contributed by atoms with Gasteiger partial charge in [-0.05, 0) is 37.0 Å². The van der Waals surface area contributed by atoms with E-state index in [-0.39, 0.29) is 22.8 Å². The van der Waals surface area contributed by atoms with E-state index >= 15 is 0 Å². The Balaban J connectivity index is 1.80. The fourth-order valence-electron chi connectivity index (χ4n) is 2.15. The molecular formula is C17H18O3. The van der Waals surface area contributed by atoms with Crippen molar-refractivity contribution in [2.75, 3.05) is 0 Å². The molecule has 0 atom stereocenters. The zero-order valence-electron chi connectivity index (χ0n) is 11.2. The number of carbonyl (C=O) groups excluding carboxylic acids is 1. The molecule has 20 heavy (non-hydrogen) atoms. The zero-order chi connectivity index (χ0) is 14.4. The van der Waals surface area contributed by atoms with Gasteiger partial charge in [-0.25, -0.2) is 0 Å². The maximum atomic E-state index is 11.9. The quantitative estimate of drug-likeness (QED) is 0.621. The number of rotatable bonds is 6. The summed E-state index contributed by atoms with van der Waals surface area (Å²) in [6.45, 7) is 0. The van der Waals surface area contributed by atoms with Crippen LogP contribution in [0.5, 0.6) is 11.5 Å². The molecule has 0 spiro atoms. The van der Waals surface area contributed by atoms with E-state index in [1.54, 1.807) is 0 Å². The maximum Gasteiger partial charge on any atom is 0.166 e. The number of phenolic OH excluding ortho intramolecular Hbond substituents is 2. The lowest BCUT2D eigenvalue weighted by Crippen LogP contribution is -1.99. The maximum absolute atomic E-state index is 11.9. The van der Waals surface area contributed by atoms with Crippen molar-refractivity contribution in [2.45, 2.75) is 25.7 Å². The van der Waals surface area contributed by atoms with Crippen LogP contribution >= 0.6 is 0 Å². The first-order valence-corrected chi connectivity index (χ1v) is 6.76. The molecule has 0 aliphatic heterocycles. The van der Waals surface area contributed by atoms with Gasteiger partial charge < -0.3 is 10.2 Å². The van der Waals surface area contributed by atoms with Gasteiger partial charge in [-0.15, -0.1) is 0 Å². The second-order valence-corrected chi connectivity index (χ2v) is 4.82. The molecule has 0 fully saturated rings. The predicted octanol–water partition coefficient (Wildman–Crippen LogP) is 3.69. The van der Waals surface area contributed by atoms with Crippen LogP contribution < -0.4 is 0 Å². The van der Waals surface area contributed by atoms with E-state index in [9.17, 15) is 15.0 Å². The minimum Gasteiger partial charge on any atom is -0.508 e. The number of phenols is 2. The number of unbranched alkanes of at least 4 members (excludes halogenated alkanes) is 1. The molecule has 0 aromatic heterocycles. The number of carbonyl (C=O) groups is 1. The summed E-state index contributed by atoms with van der Waals surface area (Å²) in [5.74, 6) is -0.281. The van der Waals surface area contributed by atoms with Crippen LogP contribution in [0.4, 0.5) is 0 Å². The van der Waals surface area contributed by atoms with Gasteiger partial charge in [-0.3, -0.25) is 4.79 Å². The molecular weight excluding hydrogens is 252 g/mol. The second-order valence-electron chi connectivity index (χ2n) is 4.82. The minimum atomic E-state index is -0.155. The minimum absolute atomic E-state index is 0.0388. The molecule has 0 aliphatic rings. The Morgan fingerprint density at radius 3 is 2.40 bits per heavy atom. The fraction of sp³-hybridized carbons (Fsp3) is 0.235. The topological polar surface area (TPSA) is 57.5 Å². The molecule has 2 N–H and O–H groups in total. The lowest BCUT2D eigenvalue weighted by atomic mass is 10.0. The largest absolute Gasteiger partial charge is 0.508 e. The van der Waals surface area contributed by atoms with Crippen LogP contribution in [0, 0.1) is 0 Å². The Hall–Kier alpha value is -2.29. The van der Waals surface area contributed by atoms with Gasteiger partial charge in [0.25, 0.3) is 0 Å². The molecule has 0 bridgehead atoms. The van der Waals surface area contributed by atoms with E-state index in [1.165, 1.54) is 23.8 Å². The summed E-state index contributed by atoms with van der Waals surface area (Å²) in [6.07, 6.45) is 3.09. The summed E-state index contributed by atoms with van der Waals surface area (Å²) in [5.41, 5.74) is 1.55. The van der Waals surface area contributed by atoms with Crippen molar-refractivity contribution in [2.24, 2.45) is 0 Å². The van der Waals surface area contributed by atoms with Crippen LogP contribution in [0.15, 0.2) is 48.5 Å². The van der Waals surface area contributed by atoms with E-state index in [0.29, 0.717) is 6.42 Å². The zero-order valence-corrected chi connectivity index (χ0v) is 11.2. The summed E-state index contributed by atoms with van der Waals surface area (Å²) in [7, 11) is 0. The van der Waals surface area contributed by atoms with Crippen LogP contribution in [0.3, 0.4) is 0 Å². The van der Waals surface area contributed by atoms with Crippen molar-refractivity contribution in [1.82, 2.24) is 0 Å². The smallest absolute Gasteiger partial charge is 0.166 e. The third kappa shape index (κ3) is 3.85. The average Bonchev–Trinajstić information content (AvgIpc) is 2.44. The van der Waals surface area contributed by atoms with Crippen LogP contribution in [-0.4, -0.2) is 16.0 Å². The highest BCUT2D eigenvalue weighted by molar-refractivity contribution is 5.98. The molecule has 2 aromatic carbocycles. The van der Waals surface area contributed by atoms with Crippen molar-refractivity contribution in [1.29, 1.82) is 0 Å². The van der Waals surface area contributed by atoms with Gasteiger partial charge in [0.2, 0.25) is 0 Å². The van der Waals surface area contributed by atoms with Crippen molar-refractivity contribution in [3.63, 3.8) is 0 Å². The molecule has 0 heterocycles. The molecule has 0 unspecified atom stereocenters. The highest BCUT2D eigenvalue weighted by atomic mass is 16.3. The number of Topliss-reactive ketones (excluding diaryl/α,β-unsaturated/α-hetero) is 1. The van der Waals surface area contributed by atoms with Gasteiger partial charge >= 0.3 is 0 Å². The lowest BCUT2D eigenvalue weighted by Gasteiger charge is -2.05. The summed E-state index contributed by atoms with van der Waals surface area (Å²) < 4.78 is 0. The van der Waals surface area contributed by atoms with Crippen molar-refractivity contribution < 1.29 is 15.0 Å². The van der Waals surface area contributed by atoms with Gasteiger partial charge in [-0.1, -0.05) is 30.3 Å². The molecule has 0 saturated carbocycles. The number of hydrogen-bond donors (Lipinski definition) is 2. The summed E-state index contributed by atoms with van der Waals surface area (Å²) >= 11 is 0. The van der Waals surface area contributed by atoms with Crippen molar-refractivity contribution in [3.05, 3.63) is 59.7 Å². The van der Waals surface area contributed by atoms with Crippen LogP contribution in [0.25, 0.3) is 0 Å². The number of ketones is 1. The number of hydrogen-bond acceptors (Lipinski definition) is 3. The lowest BCUT2D eigenvalue weighted by molar-refractivity contribution is 0.0977. The first kappa shape index (κ1) is 14.1. The Morgan fingerprint density at radius 2 is 1.70 bits per heavy atom. The Kier molecular flexibility index (Phi) is 4.77. The third-order valence-corrected chi connectivity index (χ3v) is 3.24. The van der Waals surface area contributed by atoms with E-state index < -0.39 is 0 Å². The summed E-state index contributed by atoms with van der Waals surface area (Å²) in [5, 5.41) is 18.8. The second kappa shape index (κ2) is 6.75. The van der Waals surface area contributed by atoms with Gasteiger partial charge in [-0.2, -0.15) is 0 Å². The summed E-state index contributed by atoms with van der Waals surface area (Å²) in [6, 6.07) is 14.2. The van der Waals surface area contributed by atoms with Gasteiger partial charge in [0.1, 0.15) is 11.5 Å². The molecule has 0 amide bonds. The molecule has 0 radical (unpaired) electrons. The molecule has 3 heteroatoms. The standard InChI is InChI=1S/C17H18O3/c18-14-10-11-15(17(20)12-14)16(19)9-5-4-8-13-6-2-1-3-7-13/h1-3,6-7,10-12,18,20H,4-5,8-9H2. The average molecular weight is 270 g/mol. The Bertz CT molecular complexity index is 576. The number of benzene rings is 2. The molecule has 104 valence electrons. The Labute approximate surface area is 118 Å². The third-order valence-electron chi connectivity index (χ3n) is 3.24. The van der Waals surface area contributed by atoms with E-state index in [2.05, 4.69) is 12.1 Å². The van der Waals surface area contributed by atoms with Crippen LogP contribution in [0.1, 0.15) is 35.2 Å². The predicted molar refractivity (Wildman–Crippen MR) is 78.1 cm³/mol. The van der Waals surface area contributed by atoms with E-state index in [4.69, 9.17) is 0 Å². The SMILES string of the molecule is O=C(CCCCc1ccccc1)c1ccc(O)cc1O. The number of aryl methyl sites for hydroxylation is 1. The highest BCUT2D eigenvalue weighted by Crippen LogP contribution is 2.24. The molecule has 3 nitrogen and oxygen atoms in total. The van der Waals surface area contributed by atoms with Crippen molar-refractivity contribution >= 4 is 5.78 Å². The summed E-state index contributed by atoms with van der Waals surface area (Å²) in [4.78, 5) is 11.9. The van der Waals surface area contributed by atoms with E-state index in [1.807, 2.05) is 18.2 Å². The first-order chi connectivity index (χ1) is 9.66. The Morgan fingerprint density at radius 1 is 0.950 bits per heavy atom. The monoisotopic (exact) mass is 270 g/mol. The van der Waals surface area contributed by atoms with Crippen LogP contribution in [-0.2, 0) is 6.42 Å². The molecule has 0 saturated heterocycles. The highest BCUT2D eigenvalue weighted by Gasteiger charge is 2.11. The van der Waals surface area contributed by atoms with Gasteiger partial charge in [0.15, 0.2) is 5.78 Å². The normalized spacial score (nSPS) is 10.4. The molecule has 2 rings (SSSR count). The molecule has 0 aliphatic carbocycles. The fourth-order valence-corrected chi connectivity index (χ4v) is 2.15. The first-order valence-electron chi connectivity index (χ1n) is 6.76. The van der Waals surface area contributed by atoms with Gasteiger partial charge in [0.05, 0.1) is 5.56 Å². The van der Waals surface area contributed by atoms with Crippen LogP contribution in [0.2, 0.25) is 0 Å². The van der Waals surface area contributed by atoms with Crippen molar-refractivity contribution in [3.8, 4) is 11.5 Å². The number of aromatic hydroxyl groups is 2. The molecule has 2 aromatic rings.